The monoisotopic (exact) mass is 365 g/mol. The first-order valence-electron chi connectivity index (χ1n) is 10.0. The van der Waals surface area contributed by atoms with Crippen molar-refractivity contribution < 1.29 is 4.79 Å². The number of rotatable bonds is 4. The normalized spacial score (nSPS) is 17.6. The van der Waals surface area contributed by atoms with Crippen molar-refractivity contribution in [2.45, 2.75) is 38.5 Å². The molecule has 0 spiro atoms. The lowest BCUT2D eigenvalue weighted by Gasteiger charge is -2.28. The molecule has 2 fully saturated rings. The molecule has 1 aromatic carbocycles. The first kappa shape index (κ1) is 17.8. The minimum Gasteiger partial charge on any atom is -0.372 e. The van der Waals surface area contributed by atoms with Gasteiger partial charge in [0.05, 0.1) is 0 Å². The molecule has 6 heteroatoms. The third-order valence-corrected chi connectivity index (χ3v) is 5.36. The molecule has 2 aliphatic rings. The average Bonchev–Trinajstić information content (AvgIpc) is 2.75. The minimum atomic E-state index is -0.193. The van der Waals surface area contributed by atoms with E-state index in [0.29, 0.717) is 11.6 Å². The van der Waals surface area contributed by atoms with Gasteiger partial charge in [0.2, 0.25) is 5.95 Å². The molecule has 2 saturated heterocycles. The first-order valence-corrected chi connectivity index (χ1v) is 10.0. The van der Waals surface area contributed by atoms with Crippen molar-refractivity contribution in [2.24, 2.45) is 0 Å². The molecule has 0 bridgehead atoms. The van der Waals surface area contributed by atoms with Crippen LogP contribution >= 0.6 is 0 Å². The maximum absolute atomic E-state index is 12.6. The largest absolute Gasteiger partial charge is 0.372 e. The van der Waals surface area contributed by atoms with Crippen molar-refractivity contribution >= 4 is 23.2 Å². The van der Waals surface area contributed by atoms with Crippen LogP contribution in [-0.2, 0) is 0 Å². The zero-order valence-electron chi connectivity index (χ0n) is 15.7. The van der Waals surface area contributed by atoms with Crippen LogP contribution in [0.15, 0.2) is 36.5 Å². The molecule has 142 valence electrons. The van der Waals surface area contributed by atoms with E-state index in [1.807, 2.05) is 12.1 Å². The average molecular weight is 365 g/mol. The first-order chi connectivity index (χ1) is 13.3. The lowest BCUT2D eigenvalue weighted by Crippen LogP contribution is -2.31. The summed E-state index contributed by atoms with van der Waals surface area (Å²) in [6, 6.07) is 9.77. The number of carbonyl (C=O) groups is 1. The standard InChI is InChI=1S/C21H27N5O/c27-20(19-11-12-22-21(24-19)26-15-5-2-6-16-26)23-17-7-9-18(10-8-17)25-13-3-1-4-14-25/h7-12H,1-6,13-16H2,(H,23,27). The predicted octanol–water partition coefficient (Wildman–Crippen LogP) is 3.71. The molecular weight excluding hydrogens is 338 g/mol. The van der Waals surface area contributed by atoms with Crippen LogP contribution in [0.4, 0.5) is 17.3 Å². The molecule has 3 heterocycles. The third-order valence-electron chi connectivity index (χ3n) is 5.36. The Labute approximate surface area is 160 Å². The van der Waals surface area contributed by atoms with E-state index in [-0.39, 0.29) is 5.91 Å². The zero-order valence-corrected chi connectivity index (χ0v) is 15.7. The summed E-state index contributed by atoms with van der Waals surface area (Å²) in [7, 11) is 0. The Bertz CT molecular complexity index is 764. The van der Waals surface area contributed by atoms with Gasteiger partial charge in [-0.15, -0.1) is 0 Å². The number of anilines is 3. The van der Waals surface area contributed by atoms with Crippen molar-refractivity contribution in [3.05, 3.63) is 42.2 Å². The predicted molar refractivity (Wildman–Crippen MR) is 109 cm³/mol. The summed E-state index contributed by atoms with van der Waals surface area (Å²) in [5.74, 6) is 0.462. The molecule has 1 N–H and O–H groups in total. The fraction of sp³-hybridized carbons (Fsp3) is 0.476. The Hall–Kier alpha value is -2.63. The van der Waals surface area contributed by atoms with Crippen LogP contribution in [0.3, 0.4) is 0 Å². The highest BCUT2D eigenvalue weighted by atomic mass is 16.1. The number of piperidine rings is 2. The molecule has 2 aromatic rings. The number of nitrogens with one attached hydrogen (secondary N) is 1. The number of amides is 1. The van der Waals surface area contributed by atoms with E-state index in [2.05, 4.69) is 37.2 Å². The zero-order chi connectivity index (χ0) is 18.5. The summed E-state index contributed by atoms with van der Waals surface area (Å²) in [4.78, 5) is 26.0. The van der Waals surface area contributed by atoms with Crippen LogP contribution in [0.1, 0.15) is 49.0 Å². The van der Waals surface area contributed by atoms with Gasteiger partial charge in [0, 0.05) is 43.8 Å². The maximum atomic E-state index is 12.6. The second-order valence-electron chi connectivity index (χ2n) is 7.34. The van der Waals surface area contributed by atoms with E-state index in [9.17, 15) is 4.79 Å². The topological polar surface area (TPSA) is 61.4 Å². The van der Waals surface area contributed by atoms with Gasteiger partial charge in [-0.25, -0.2) is 9.97 Å². The fourth-order valence-corrected chi connectivity index (χ4v) is 3.82. The lowest BCUT2D eigenvalue weighted by molar-refractivity contribution is 0.102. The van der Waals surface area contributed by atoms with E-state index < -0.39 is 0 Å². The highest BCUT2D eigenvalue weighted by molar-refractivity contribution is 6.03. The van der Waals surface area contributed by atoms with Crippen molar-refractivity contribution in [3.8, 4) is 0 Å². The summed E-state index contributed by atoms with van der Waals surface area (Å²) in [6.07, 6.45) is 9.07. The molecule has 1 aromatic heterocycles. The number of carbonyl (C=O) groups excluding carboxylic acids is 1. The van der Waals surface area contributed by atoms with Crippen LogP contribution in [0.25, 0.3) is 0 Å². The fourth-order valence-electron chi connectivity index (χ4n) is 3.82. The van der Waals surface area contributed by atoms with E-state index in [0.717, 1.165) is 44.7 Å². The van der Waals surface area contributed by atoms with Crippen molar-refractivity contribution in [3.63, 3.8) is 0 Å². The third kappa shape index (κ3) is 4.38. The number of benzene rings is 1. The molecular formula is C21H27N5O. The molecule has 27 heavy (non-hydrogen) atoms. The van der Waals surface area contributed by atoms with E-state index >= 15 is 0 Å². The Morgan fingerprint density at radius 2 is 1.44 bits per heavy atom. The molecule has 0 saturated carbocycles. The molecule has 6 nitrogen and oxygen atoms in total. The number of hydrogen-bond acceptors (Lipinski definition) is 5. The SMILES string of the molecule is O=C(Nc1ccc(N2CCCCC2)cc1)c1ccnc(N2CCCCC2)n1. The maximum Gasteiger partial charge on any atom is 0.274 e. The highest BCUT2D eigenvalue weighted by Crippen LogP contribution is 2.22. The van der Waals surface area contributed by atoms with Crippen LogP contribution in [0.2, 0.25) is 0 Å². The number of hydrogen-bond donors (Lipinski definition) is 1. The summed E-state index contributed by atoms with van der Waals surface area (Å²) >= 11 is 0. The number of nitrogens with zero attached hydrogens (tertiary/aromatic N) is 4. The van der Waals surface area contributed by atoms with Gasteiger partial charge in [-0.05, 0) is 68.9 Å². The lowest BCUT2D eigenvalue weighted by atomic mass is 10.1. The van der Waals surface area contributed by atoms with Gasteiger partial charge in [-0.1, -0.05) is 0 Å². The quantitative estimate of drug-likeness (QED) is 0.895. The highest BCUT2D eigenvalue weighted by Gasteiger charge is 2.16. The molecule has 0 radical (unpaired) electrons. The molecule has 0 unspecified atom stereocenters. The van der Waals surface area contributed by atoms with Gasteiger partial charge in [0.25, 0.3) is 5.91 Å². The summed E-state index contributed by atoms with van der Waals surface area (Å²) < 4.78 is 0. The Kier molecular flexibility index (Phi) is 5.51. The second-order valence-corrected chi connectivity index (χ2v) is 7.34. The molecule has 0 aliphatic carbocycles. The second kappa shape index (κ2) is 8.37. The summed E-state index contributed by atoms with van der Waals surface area (Å²) in [5.41, 5.74) is 2.42. The van der Waals surface area contributed by atoms with Crippen molar-refractivity contribution in [1.29, 1.82) is 0 Å². The van der Waals surface area contributed by atoms with Gasteiger partial charge in [0.1, 0.15) is 5.69 Å². The van der Waals surface area contributed by atoms with Crippen LogP contribution in [-0.4, -0.2) is 42.1 Å². The molecule has 4 rings (SSSR count). The van der Waals surface area contributed by atoms with Crippen LogP contribution < -0.4 is 15.1 Å². The number of aromatic nitrogens is 2. The van der Waals surface area contributed by atoms with Gasteiger partial charge >= 0.3 is 0 Å². The van der Waals surface area contributed by atoms with Gasteiger partial charge in [0.15, 0.2) is 0 Å². The Balaban J connectivity index is 1.41. The van der Waals surface area contributed by atoms with Crippen LogP contribution in [0.5, 0.6) is 0 Å². The van der Waals surface area contributed by atoms with Crippen molar-refractivity contribution in [1.82, 2.24) is 9.97 Å². The molecule has 2 aliphatic heterocycles. The smallest absolute Gasteiger partial charge is 0.274 e. The summed E-state index contributed by atoms with van der Waals surface area (Å²) in [5, 5.41) is 2.95. The summed E-state index contributed by atoms with van der Waals surface area (Å²) in [6.45, 7) is 4.16. The van der Waals surface area contributed by atoms with E-state index in [1.165, 1.54) is 31.4 Å². The minimum absolute atomic E-state index is 0.193. The van der Waals surface area contributed by atoms with Gasteiger partial charge in [-0.2, -0.15) is 0 Å². The Morgan fingerprint density at radius 1 is 0.815 bits per heavy atom. The van der Waals surface area contributed by atoms with E-state index in [4.69, 9.17) is 0 Å². The van der Waals surface area contributed by atoms with Gasteiger partial charge in [-0.3, -0.25) is 4.79 Å². The molecule has 0 atom stereocenters. The van der Waals surface area contributed by atoms with Crippen molar-refractivity contribution in [2.75, 3.05) is 41.3 Å². The van der Waals surface area contributed by atoms with Crippen LogP contribution in [0, 0.1) is 0 Å². The Morgan fingerprint density at radius 3 is 2.11 bits per heavy atom. The molecule has 1 amide bonds. The van der Waals surface area contributed by atoms with E-state index in [1.54, 1.807) is 12.3 Å². The van der Waals surface area contributed by atoms with Gasteiger partial charge < -0.3 is 15.1 Å².